The smallest absolute Gasteiger partial charge is 0.290 e. The fourth-order valence-corrected chi connectivity index (χ4v) is 1.66. The highest BCUT2D eigenvalue weighted by Gasteiger charge is 2.62. The van der Waals surface area contributed by atoms with E-state index < -0.39 is 26.5 Å². The van der Waals surface area contributed by atoms with E-state index in [9.17, 15) is 26.5 Å². The van der Waals surface area contributed by atoms with Crippen LogP contribution in [-0.2, 0) is 18.1 Å². The molecule has 1 atom stereocenters. The number of alkyl halides is 5. The van der Waals surface area contributed by atoms with E-state index in [0.29, 0.717) is 7.11 Å². The van der Waals surface area contributed by atoms with Crippen molar-refractivity contribution in [3.05, 3.63) is 0 Å². The molecule has 0 aliphatic rings. The van der Waals surface area contributed by atoms with E-state index in [2.05, 4.69) is 13.6 Å². The minimum Gasteiger partial charge on any atom is -0.290 e. The van der Waals surface area contributed by atoms with Gasteiger partial charge in [-0.1, -0.05) is 6.92 Å². The van der Waals surface area contributed by atoms with E-state index >= 15 is 0 Å². The molecule has 4 nitrogen and oxygen atoms in total. The van der Waals surface area contributed by atoms with E-state index in [-0.39, 0.29) is 13.0 Å². The summed E-state index contributed by atoms with van der Waals surface area (Å²) in [6.07, 6.45) is -5.02. The van der Waals surface area contributed by atoms with Crippen LogP contribution in [0.1, 0.15) is 13.3 Å². The van der Waals surface area contributed by atoms with E-state index in [1.54, 1.807) is 6.92 Å². The van der Waals surface area contributed by atoms with Crippen molar-refractivity contribution >= 4 is 7.82 Å². The van der Waals surface area contributed by atoms with Crippen LogP contribution in [0.3, 0.4) is 0 Å². The van der Waals surface area contributed by atoms with Gasteiger partial charge in [0.15, 0.2) is 6.67 Å². The Kier molecular flexibility index (Phi) is 6.00. The van der Waals surface area contributed by atoms with Crippen LogP contribution in [0, 0.1) is 0 Å². The summed E-state index contributed by atoms with van der Waals surface area (Å²) in [7, 11) is -4.16. The quantitative estimate of drug-likeness (QED) is 0.507. The van der Waals surface area contributed by atoms with Crippen molar-refractivity contribution in [1.82, 2.24) is 0 Å². The fourth-order valence-electron chi connectivity index (χ4n) is 0.604. The Hall–Kier alpha value is -0.240. The van der Waals surface area contributed by atoms with Crippen LogP contribution in [0.25, 0.3) is 0 Å². The number of rotatable bonds is 8. The Balaban J connectivity index is 4.82. The van der Waals surface area contributed by atoms with Crippen molar-refractivity contribution in [2.24, 2.45) is 0 Å². The van der Waals surface area contributed by atoms with Crippen LogP contribution in [-0.4, -0.2) is 32.4 Å². The Bertz CT molecular complexity index is 285. The molecule has 0 aromatic rings. The molecular weight excluding hydrogens is 274 g/mol. The third kappa shape index (κ3) is 4.50. The summed E-state index contributed by atoms with van der Waals surface area (Å²) in [5, 5.41) is 0. The number of phosphoric ester groups is 1. The molecule has 0 heterocycles. The van der Waals surface area contributed by atoms with Gasteiger partial charge in [-0.25, -0.2) is 13.5 Å². The van der Waals surface area contributed by atoms with Gasteiger partial charge in [0, 0.05) is 7.11 Å². The van der Waals surface area contributed by atoms with Crippen LogP contribution in [0.5, 0.6) is 0 Å². The zero-order chi connectivity index (χ0) is 13.7. The highest BCUT2D eigenvalue weighted by molar-refractivity contribution is 7.48. The molecule has 17 heavy (non-hydrogen) atoms. The molecule has 0 bridgehead atoms. The van der Waals surface area contributed by atoms with Crippen molar-refractivity contribution in [3.8, 4) is 0 Å². The fraction of sp³-hybridized carbons (Fsp3) is 1.00. The van der Waals surface area contributed by atoms with Crippen LogP contribution in [0.4, 0.5) is 22.0 Å². The largest absolute Gasteiger partial charge is 0.479 e. The molecular formula is C7H12F5O4P. The van der Waals surface area contributed by atoms with Crippen molar-refractivity contribution < 1.29 is 40.1 Å². The van der Waals surface area contributed by atoms with Crippen LogP contribution in [0.2, 0.25) is 0 Å². The van der Waals surface area contributed by atoms with Gasteiger partial charge in [-0.05, 0) is 6.42 Å². The van der Waals surface area contributed by atoms with E-state index in [4.69, 9.17) is 0 Å². The van der Waals surface area contributed by atoms with Gasteiger partial charge in [0.2, 0.25) is 0 Å². The molecule has 0 aliphatic heterocycles. The molecule has 0 saturated heterocycles. The standard InChI is InChI=1S/C7H12F5O4P/c1-3-4-15-17(13,14-2)16-7(11,12)6(9,10)5-8/h3-5H2,1-2H3. The van der Waals surface area contributed by atoms with Crippen molar-refractivity contribution in [3.63, 3.8) is 0 Å². The molecule has 0 saturated carbocycles. The second-order valence-electron chi connectivity index (χ2n) is 2.91. The first-order valence-corrected chi connectivity index (χ1v) is 5.93. The summed E-state index contributed by atoms with van der Waals surface area (Å²) >= 11 is 0. The Morgan fingerprint density at radius 1 is 1.24 bits per heavy atom. The van der Waals surface area contributed by atoms with Gasteiger partial charge in [0.1, 0.15) is 0 Å². The monoisotopic (exact) mass is 286 g/mol. The summed E-state index contributed by atoms with van der Waals surface area (Å²) in [5.74, 6) is -5.11. The molecule has 0 radical (unpaired) electrons. The zero-order valence-corrected chi connectivity index (χ0v) is 9.99. The van der Waals surface area contributed by atoms with Gasteiger partial charge in [-0.2, -0.15) is 17.6 Å². The third-order valence-corrected chi connectivity index (χ3v) is 2.90. The average Bonchev–Trinajstić information content (AvgIpc) is 2.25. The molecule has 0 spiro atoms. The predicted molar refractivity (Wildman–Crippen MR) is 47.8 cm³/mol. The normalized spacial score (nSPS) is 16.9. The minimum atomic E-state index is -5.29. The lowest BCUT2D eigenvalue weighted by molar-refractivity contribution is -0.318. The van der Waals surface area contributed by atoms with Crippen LogP contribution >= 0.6 is 7.82 Å². The van der Waals surface area contributed by atoms with E-state index in [1.165, 1.54) is 0 Å². The maximum atomic E-state index is 12.8. The molecule has 1 unspecified atom stereocenters. The summed E-state index contributed by atoms with van der Waals surface area (Å²) < 4.78 is 85.0. The van der Waals surface area contributed by atoms with Crippen LogP contribution in [0.15, 0.2) is 0 Å². The molecule has 104 valence electrons. The SMILES string of the molecule is CCCOP(=O)(OC)OC(F)(F)C(F)(F)CF. The Morgan fingerprint density at radius 2 is 1.76 bits per heavy atom. The lowest BCUT2D eigenvalue weighted by atomic mass is 10.3. The third-order valence-electron chi connectivity index (χ3n) is 1.50. The molecule has 0 amide bonds. The van der Waals surface area contributed by atoms with Crippen molar-refractivity contribution in [1.29, 1.82) is 0 Å². The molecule has 0 aromatic heterocycles. The Labute approximate surface area is 94.6 Å². The first kappa shape index (κ1) is 16.8. The maximum absolute atomic E-state index is 12.8. The lowest BCUT2D eigenvalue weighted by Gasteiger charge is -2.26. The van der Waals surface area contributed by atoms with Gasteiger partial charge in [-0.3, -0.25) is 9.05 Å². The maximum Gasteiger partial charge on any atom is 0.479 e. The molecule has 0 aromatic carbocycles. The molecule has 0 aliphatic carbocycles. The number of hydrogen-bond acceptors (Lipinski definition) is 4. The summed E-state index contributed by atoms with van der Waals surface area (Å²) in [5.41, 5.74) is 0. The van der Waals surface area contributed by atoms with E-state index in [1.807, 2.05) is 0 Å². The van der Waals surface area contributed by atoms with Gasteiger partial charge >= 0.3 is 19.9 Å². The highest BCUT2D eigenvalue weighted by atomic mass is 31.2. The summed E-state index contributed by atoms with van der Waals surface area (Å²) in [6.45, 7) is -1.42. The highest BCUT2D eigenvalue weighted by Crippen LogP contribution is 2.55. The first-order valence-electron chi connectivity index (χ1n) is 4.47. The Morgan fingerprint density at radius 3 is 2.12 bits per heavy atom. The number of phosphoric acid groups is 1. The average molecular weight is 286 g/mol. The second kappa shape index (κ2) is 6.08. The number of halogens is 5. The molecule has 0 N–H and O–H groups in total. The van der Waals surface area contributed by atoms with Gasteiger partial charge in [0.05, 0.1) is 6.61 Å². The molecule has 0 fully saturated rings. The molecule has 0 rings (SSSR count). The van der Waals surface area contributed by atoms with Crippen molar-refractivity contribution in [2.45, 2.75) is 25.4 Å². The topological polar surface area (TPSA) is 44.8 Å². The van der Waals surface area contributed by atoms with E-state index in [0.717, 1.165) is 0 Å². The first-order chi connectivity index (χ1) is 7.64. The number of hydrogen-bond donors (Lipinski definition) is 0. The van der Waals surface area contributed by atoms with Gasteiger partial charge in [0.25, 0.3) is 0 Å². The minimum absolute atomic E-state index is 0.266. The van der Waals surface area contributed by atoms with Gasteiger partial charge in [-0.15, -0.1) is 0 Å². The summed E-state index contributed by atoms with van der Waals surface area (Å²) in [6, 6.07) is 0. The van der Waals surface area contributed by atoms with Crippen LogP contribution < -0.4 is 0 Å². The summed E-state index contributed by atoms with van der Waals surface area (Å²) in [4.78, 5) is 0. The second-order valence-corrected chi connectivity index (χ2v) is 4.61. The predicted octanol–water partition coefficient (Wildman–Crippen LogP) is 3.38. The van der Waals surface area contributed by atoms with Crippen molar-refractivity contribution in [2.75, 3.05) is 20.4 Å². The zero-order valence-electron chi connectivity index (χ0n) is 9.09. The lowest BCUT2D eigenvalue weighted by Crippen LogP contribution is -2.44. The van der Waals surface area contributed by atoms with Gasteiger partial charge < -0.3 is 0 Å². The molecule has 10 heteroatoms.